The Bertz CT molecular complexity index is 978. The van der Waals surface area contributed by atoms with E-state index in [0.717, 1.165) is 29.7 Å². The van der Waals surface area contributed by atoms with E-state index in [1.54, 1.807) is 14.2 Å². The minimum absolute atomic E-state index is 0.0411. The topological polar surface area (TPSA) is 64.9 Å². The third-order valence-electron chi connectivity index (χ3n) is 5.39. The number of carbonyl (C=O) groups excluding carboxylic acids is 1. The number of carbonyl (C=O) groups is 1. The summed E-state index contributed by atoms with van der Waals surface area (Å²) >= 11 is 0. The van der Waals surface area contributed by atoms with E-state index in [1.807, 2.05) is 53.2 Å². The standard InChI is InChI=1S/C22H25N3O3/c1-27-19-9-8-16(11-20(19)28-2)18(15-6-7-15)12-22(26)24-14-21-23-13-17-5-3-4-10-25(17)21/h3-5,8-11,13,15,18H,6-7,12,14H2,1-2H3,(H,24,26). The van der Waals surface area contributed by atoms with Crippen molar-refractivity contribution in [1.29, 1.82) is 0 Å². The van der Waals surface area contributed by atoms with E-state index >= 15 is 0 Å². The van der Waals surface area contributed by atoms with E-state index < -0.39 is 0 Å². The third kappa shape index (κ3) is 3.81. The Labute approximate surface area is 164 Å². The number of aromatic nitrogens is 2. The normalized spacial score (nSPS) is 14.6. The maximum Gasteiger partial charge on any atom is 0.220 e. The lowest BCUT2D eigenvalue weighted by Gasteiger charge is -2.18. The van der Waals surface area contributed by atoms with Crippen LogP contribution in [0, 0.1) is 5.92 Å². The van der Waals surface area contributed by atoms with Gasteiger partial charge in [0.2, 0.25) is 5.91 Å². The van der Waals surface area contributed by atoms with Crippen molar-refractivity contribution in [3.8, 4) is 11.5 Å². The zero-order valence-corrected chi connectivity index (χ0v) is 16.2. The molecule has 1 fully saturated rings. The number of hydrogen-bond donors (Lipinski definition) is 1. The van der Waals surface area contributed by atoms with Crippen molar-refractivity contribution in [3.63, 3.8) is 0 Å². The molecule has 1 saturated carbocycles. The summed E-state index contributed by atoms with van der Waals surface area (Å²) in [6, 6.07) is 11.9. The summed E-state index contributed by atoms with van der Waals surface area (Å²) < 4.78 is 12.8. The van der Waals surface area contributed by atoms with Crippen LogP contribution in [0.2, 0.25) is 0 Å². The molecule has 28 heavy (non-hydrogen) atoms. The Hall–Kier alpha value is -3.02. The molecule has 3 aromatic rings. The van der Waals surface area contributed by atoms with E-state index in [0.29, 0.717) is 30.4 Å². The van der Waals surface area contributed by atoms with Crippen molar-refractivity contribution in [1.82, 2.24) is 14.7 Å². The third-order valence-corrected chi connectivity index (χ3v) is 5.39. The van der Waals surface area contributed by atoms with Gasteiger partial charge in [0.1, 0.15) is 5.82 Å². The number of methoxy groups -OCH3 is 2. The van der Waals surface area contributed by atoms with Crippen molar-refractivity contribution >= 4 is 11.4 Å². The summed E-state index contributed by atoms with van der Waals surface area (Å²) in [4.78, 5) is 17.1. The maximum atomic E-state index is 12.7. The summed E-state index contributed by atoms with van der Waals surface area (Å²) in [6.07, 6.45) is 6.57. The van der Waals surface area contributed by atoms with E-state index in [2.05, 4.69) is 10.3 Å². The average Bonchev–Trinajstić information content (AvgIpc) is 3.49. The van der Waals surface area contributed by atoms with Gasteiger partial charge < -0.3 is 19.2 Å². The molecule has 6 heteroatoms. The molecule has 0 saturated heterocycles. The molecule has 1 unspecified atom stereocenters. The van der Waals surface area contributed by atoms with Crippen molar-refractivity contribution in [2.75, 3.05) is 14.2 Å². The monoisotopic (exact) mass is 379 g/mol. The Morgan fingerprint density at radius 1 is 1.21 bits per heavy atom. The van der Waals surface area contributed by atoms with Gasteiger partial charge in [-0.1, -0.05) is 12.1 Å². The molecular formula is C22H25N3O3. The highest BCUT2D eigenvalue weighted by molar-refractivity contribution is 5.77. The molecule has 6 nitrogen and oxygen atoms in total. The number of imidazole rings is 1. The first-order chi connectivity index (χ1) is 13.7. The Balaban J connectivity index is 1.44. The Morgan fingerprint density at radius 2 is 2.04 bits per heavy atom. The molecule has 0 bridgehead atoms. The second-order valence-corrected chi connectivity index (χ2v) is 7.21. The zero-order valence-electron chi connectivity index (χ0n) is 16.2. The van der Waals surface area contributed by atoms with E-state index in [9.17, 15) is 4.79 Å². The van der Waals surface area contributed by atoms with Gasteiger partial charge in [-0.3, -0.25) is 4.79 Å². The lowest BCUT2D eigenvalue weighted by Crippen LogP contribution is -2.26. The molecule has 2 heterocycles. The fraction of sp³-hybridized carbons (Fsp3) is 0.364. The van der Waals surface area contributed by atoms with Crippen LogP contribution < -0.4 is 14.8 Å². The van der Waals surface area contributed by atoms with E-state index in [1.165, 1.54) is 0 Å². The summed E-state index contributed by atoms with van der Waals surface area (Å²) in [6.45, 7) is 0.417. The second kappa shape index (κ2) is 7.92. The predicted molar refractivity (Wildman–Crippen MR) is 107 cm³/mol. The van der Waals surface area contributed by atoms with Crippen LogP contribution in [-0.2, 0) is 11.3 Å². The molecule has 1 amide bonds. The van der Waals surface area contributed by atoms with Gasteiger partial charge in [0, 0.05) is 12.6 Å². The number of nitrogens with zero attached hydrogens (tertiary/aromatic N) is 2. The van der Waals surface area contributed by atoms with Gasteiger partial charge in [-0.25, -0.2) is 4.98 Å². The minimum atomic E-state index is 0.0411. The van der Waals surface area contributed by atoms with E-state index in [4.69, 9.17) is 9.47 Å². The number of rotatable bonds is 8. The number of pyridine rings is 1. The highest BCUT2D eigenvalue weighted by atomic mass is 16.5. The number of ether oxygens (including phenoxy) is 2. The lowest BCUT2D eigenvalue weighted by molar-refractivity contribution is -0.121. The summed E-state index contributed by atoms with van der Waals surface area (Å²) in [7, 11) is 3.26. The van der Waals surface area contributed by atoms with Crippen LogP contribution in [0.1, 0.15) is 36.6 Å². The number of fused-ring (bicyclic) bond motifs is 1. The van der Waals surface area contributed by atoms with Gasteiger partial charge >= 0.3 is 0 Å². The quantitative estimate of drug-likeness (QED) is 0.650. The maximum absolute atomic E-state index is 12.7. The van der Waals surface area contributed by atoms with Crippen LogP contribution in [0.5, 0.6) is 11.5 Å². The Morgan fingerprint density at radius 3 is 2.79 bits per heavy atom. The fourth-order valence-electron chi connectivity index (χ4n) is 3.72. The molecule has 2 aromatic heterocycles. The molecule has 146 valence electrons. The minimum Gasteiger partial charge on any atom is -0.493 e. The number of benzene rings is 1. The van der Waals surface area contributed by atoms with Crippen LogP contribution in [0.3, 0.4) is 0 Å². The molecule has 0 aliphatic heterocycles. The largest absolute Gasteiger partial charge is 0.493 e. The Kier molecular flexibility index (Phi) is 5.19. The van der Waals surface area contributed by atoms with Crippen molar-refractivity contribution in [2.45, 2.75) is 31.7 Å². The smallest absolute Gasteiger partial charge is 0.220 e. The van der Waals surface area contributed by atoms with Crippen molar-refractivity contribution in [2.24, 2.45) is 5.92 Å². The highest BCUT2D eigenvalue weighted by Gasteiger charge is 2.34. The van der Waals surface area contributed by atoms with Gasteiger partial charge in [0.25, 0.3) is 0 Å². The fourth-order valence-corrected chi connectivity index (χ4v) is 3.72. The van der Waals surface area contributed by atoms with Gasteiger partial charge in [0.15, 0.2) is 11.5 Å². The number of hydrogen-bond acceptors (Lipinski definition) is 4. The molecule has 0 radical (unpaired) electrons. The van der Waals surface area contributed by atoms with Gasteiger partial charge in [-0.2, -0.15) is 0 Å². The lowest BCUT2D eigenvalue weighted by atomic mass is 9.90. The SMILES string of the molecule is COc1ccc(C(CC(=O)NCc2ncc3ccccn23)C2CC2)cc1OC. The zero-order chi connectivity index (χ0) is 19.5. The molecular weight excluding hydrogens is 354 g/mol. The van der Waals surface area contributed by atoms with Crippen LogP contribution in [0.4, 0.5) is 0 Å². The molecule has 1 aliphatic carbocycles. The van der Waals surface area contributed by atoms with Crippen LogP contribution >= 0.6 is 0 Å². The summed E-state index contributed by atoms with van der Waals surface area (Å²) in [5, 5.41) is 3.03. The molecule has 4 rings (SSSR count). The van der Waals surface area contributed by atoms with E-state index in [-0.39, 0.29) is 11.8 Å². The first kappa shape index (κ1) is 18.3. The van der Waals surface area contributed by atoms with Crippen molar-refractivity contribution in [3.05, 3.63) is 60.2 Å². The molecule has 1 aliphatic rings. The number of nitrogens with one attached hydrogen (secondary N) is 1. The summed E-state index contributed by atoms with van der Waals surface area (Å²) in [5.74, 6) is 3.02. The van der Waals surface area contributed by atoms with Crippen LogP contribution in [0.15, 0.2) is 48.8 Å². The van der Waals surface area contributed by atoms with Gasteiger partial charge in [-0.15, -0.1) is 0 Å². The van der Waals surface area contributed by atoms with Gasteiger partial charge in [0.05, 0.1) is 32.5 Å². The average molecular weight is 379 g/mol. The van der Waals surface area contributed by atoms with Crippen LogP contribution in [0.25, 0.3) is 5.52 Å². The summed E-state index contributed by atoms with van der Waals surface area (Å²) in [5.41, 5.74) is 2.15. The molecule has 1 atom stereocenters. The highest BCUT2D eigenvalue weighted by Crippen LogP contribution is 2.46. The number of amides is 1. The first-order valence-electron chi connectivity index (χ1n) is 9.59. The van der Waals surface area contributed by atoms with Crippen molar-refractivity contribution < 1.29 is 14.3 Å². The molecule has 1 aromatic carbocycles. The predicted octanol–water partition coefficient (Wildman–Crippen LogP) is 3.55. The molecule has 1 N–H and O–H groups in total. The first-order valence-corrected chi connectivity index (χ1v) is 9.59. The molecule has 0 spiro atoms. The second-order valence-electron chi connectivity index (χ2n) is 7.21. The van der Waals surface area contributed by atoms with Crippen LogP contribution in [-0.4, -0.2) is 29.5 Å². The van der Waals surface area contributed by atoms with Gasteiger partial charge in [-0.05, 0) is 54.5 Å².